The van der Waals surface area contributed by atoms with Crippen molar-refractivity contribution in [2.45, 2.75) is 0 Å². The molecule has 0 aliphatic carbocycles. The average Bonchev–Trinajstić information content (AvgIpc) is 2.63. The predicted octanol–water partition coefficient (Wildman–Crippen LogP) is 5.45. The number of nitrogens with zero attached hydrogens (tertiary/aromatic N) is 1. The molecule has 5 heteroatoms. The number of aromatic nitrogens is 1. The van der Waals surface area contributed by atoms with Gasteiger partial charge in [0, 0.05) is 10.9 Å². The van der Waals surface area contributed by atoms with Gasteiger partial charge in [0.05, 0.1) is 18.2 Å². The molecule has 1 aliphatic rings. The van der Waals surface area contributed by atoms with Gasteiger partial charge in [0.15, 0.2) is 11.6 Å². The number of hydrogen-bond donors (Lipinski definition) is 0. The van der Waals surface area contributed by atoms with E-state index in [0.29, 0.717) is 28.1 Å². The molecule has 0 fully saturated rings. The molecule has 0 atom stereocenters. The van der Waals surface area contributed by atoms with Gasteiger partial charge < -0.3 is 9.47 Å². The van der Waals surface area contributed by atoms with Crippen LogP contribution in [0, 0.1) is 11.6 Å². The predicted molar refractivity (Wildman–Crippen MR) is 91.2 cm³/mol. The summed E-state index contributed by atoms with van der Waals surface area (Å²) in [5, 5.41) is 2.20. The third-order valence-corrected chi connectivity index (χ3v) is 4.49. The molecule has 3 aromatic carbocycles. The van der Waals surface area contributed by atoms with Gasteiger partial charge in [-0.1, -0.05) is 12.1 Å². The molecule has 0 bridgehead atoms. The van der Waals surface area contributed by atoms with Gasteiger partial charge >= 0.3 is 0 Å². The molecule has 122 valence electrons. The molecule has 0 radical (unpaired) electrons. The van der Waals surface area contributed by atoms with E-state index in [1.807, 2.05) is 18.2 Å². The van der Waals surface area contributed by atoms with E-state index in [1.165, 1.54) is 19.2 Å². The third-order valence-electron chi connectivity index (χ3n) is 4.49. The maximum absolute atomic E-state index is 14.8. The van der Waals surface area contributed by atoms with E-state index in [4.69, 9.17) is 9.47 Å². The van der Waals surface area contributed by atoms with Crippen LogP contribution in [0.2, 0.25) is 0 Å². The average molecular weight is 335 g/mol. The third kappa shape index (κ3) is 1.86. The topological polar surface area (TPSA) is 31.4 Å². The summed E-state index contributed by atoms with van der Waals surface area (Å²) in [6.07, 6.45) is 0. The van der Waals surface area contributed by atoms with Gasteiger partial charge in [-0.3, -0.25) is 0 Å². The number of ether oxygens (including phenoxy) is 2. The van der Waals surface area contributed by atoms with E-state index in [2.05, 4.69) is 4.98 Å². The Morgan fingerprint density at radius 3 is 2.68 bits per heavy atom. The Bertz CT molecular complexity index is 1190. The zero-order valence-electron chi connectivity index (χ0n) is 13.1. The van der Waals surface area contributed by atoms with E-state index in [1.54, 1.807) is 18.2 Å². The van der Waals surface area contributed by atoms with Crippen LogP contribution in [0.25, 0.3) is 32.9 Å². The lowest BCUT2D eigenvalue weighted by Gasteiger charge is -2.21. The smallest absolute Gasteiger partial charge is 0.191 e. The number of pyridine rings is 1. The molecule has 25 heavy (non-hydrogen) atoms. The van der Waals surface area contributed by atoms with Crippen LogP contribution >= 0.6 is 0 Å². The highest BCUT2D eigenvalue weighted by molar-refractivity contribution is 6.14. The van der Waals surface area contributed by atoms with Crippen LogP contribution < -0.4 is 9.47 Å². The van der Waals surface area contributed by atoms with Crippen LogP contribution in [0.1, 0.15) is 0 Å². The fraction of sp³-hybridized carbons (Fsp3) is 0.0500. The monoisotopic (exact) mass is 335 g/mol. The van der Waals surface area contributed by atoms with Gasteiger partial charge in [0.2, 0.25) is 0 Å². The second kappa shape index (κ2) is 4.89. The largest absolute Gasteiger partial charge is 0.494 e. The molecule has 2 heterocycles. The molecule has 0 saturated carbocycles. The fourth-order valence-corrected chi connectivity index (χ4v) is 3.37. The standard InChI is InChI=1S/C20H11F2NO2/c1-24-16-8-6-12-11-3-2-4-15-17(11)19(23-20(12)18(16)22)13-9-10(21)5-7-14(13)25-15/h2-9H,1H3. The Labute approximate surface area is 141 Å². The van der Waals surface area contributed by atoms with Crippen molar-refractivity contribution in [2.24, 2.45) is 0 Å². The Balaban J connectivity index is 2.01. The minimum absolute atomic E-state index is 0.120. The maximum atomic E-state index is 14.8. The molecular formula is C20H11F2NO2. The number of rotatable bonds is 1. The molecule has 0 spiro atoms. The summed E-state index contributed by atoms with van der Waals surface area (Å²) < 4.78 is 39.6. The Kier molecular flexibility index (Phi) is 2.77. The number of halogens is 2. The van der Waals surface area contributed by atoms with Crippen LogP contribution in [0.3, 0.4) is 0 Å². The summed E-state index contributed by atoms with van der Waals surface area (Å²) in [7, 11) is 1.41. The molecule has 5 rings (SSSR count). The van der Waals surface area contributed by atoms with Gasteiger partial charge in [-0.15, -0.1) is 0 Å². The number of methoxy groups -OCH3 is 1. The van der Waals surface area contributed by atoms with Crippen LogP contribution in [-0.2, 0) is 0 Å². The summed E-state index contributed by atoms with van der Waals surface area (Å²) >= 11 is 0. The van der Waals surface area contributed by atoms with Gasteiger partial charge in [0.25, 0.3) is 0 Å². The minimum Gasteiger partial charge on any atom is -0.494 e. The first-order chi connectivity index (χ1) is 12.2. The zero-order chi connectivity index (χ0) is 17.1. The second-order valence-electron chi connectivity index (χ2n) is 5.86. The maximum Gasteiger partial charge on any atom is 0.191 e. The van der Waals surface area contributed by atoms with E-state index < -0.39 is 11.6 Å². The molecule has 4 aromatic rings. The number of benzene rings is 3. The Morgan fingerprint density at radius 1 is 0.960 bits per heavy atom. The Hall–Kier alpha value is -3.21. The van der Waals surface area contributed by atoms with Crippen molar-refractivity contribution in [3.8, 4) is 28.5 Å². The van der Waals surface area contributed by atoms with Crippen molar-refractivity contribution in [3.05, 3.63) is 60.2 Å². The molecular weight excluding hydrogens is 324 g/mol. The van der Waals surface area contributed by atoms with E-state index >= 15 is 0 Å². The zero-order valence-corrected chi connectivity index (χ0v) is 13.1. The summed E-state index contributed by atoms with van der Waals surface area (Å²) in [5.74, 6) is 0.305. The molecule has 0 unspecified atom stereocenters. The van der Waals surface area contributed by atoms with E-state index in [0.717, 1.165) is 10.8 Å². The van der Waals surface area contributed by atoms with Crippen LogP contribution in [-0.4, -0.2) is 12.1 Å². The van der Waals surface area contributed by atoms with Crippen LogP contribution in [0.5, 0.6) is 17.2 Å². The molecule has 1 aromatic heterocycles. The van der Waals surface area contributed by atoms with Gasteiger partial charge in [-0.05, 0) is 41.8 Å². The lowest BCUT2D eigenvalue weighted by molar-refractivity contribution is 0.388. The highest BCUT2D eigenvalue weighted by atomic mass is 19.1. The summed E-state index contributed by atoms with van der Waals surface area (Å²) in [5.41, 5.74) is 1.20. The number of hydrogen-bond acceptors (Lipinski definition) is 3. The van der Waals surface area contributed by atoms with Crippen LogP contribution in [0.4, 0.5) is 8.78 Å². The summed E-state index contributed by atoms with van der Waals surface area (Å²) in [4.78, 5) is 4.52. The van der Waals surface area contributed by atoms with Crippen molar-refractivity contribution in [1.82, 2.24) is 4.98 Å². The fourth-order valence-electron chi connectivity index (χ4n) is 3.37. The minimum atomic E-state index is -0.534. The second-order valence-corrected chi connectivity index (χ2v) is 5.86. The first-order valence-electron chi connectivity index (χ1n) is 7.74. The van der Waals surface area contributed by atoms with Gasteiger partial charge in [0.1, 0.15) is 22.8 Å². The molecule has 3 nitrogen and oxygen atoms in total. The number of fused-ring (bicyclic) bond motifs is 4. The van der Waals surface area contributed by atoms with Crippen molar-refractivity contribution < 1.29 is 18.3 Å². The van der Waals surface area contributed by atoms with Crippen molar-refractivity contribution in [2.75, 3.05) is 7.11 Å². The normalized spacial score (nSPS) is 12.1. The summed E-state index contributed by atoms with van der Waals surface area (Å²) in [6.45, 7) is 0. The highest BCUT2D eigenvalue weighted by Gasteiger charge is 2.24. The Morgan fingerprint density at radius 2 is 1.84 bits per heavy atom. The van der Waals surface area contributed by atoms with E-state index in [9.17, 15) is 8.78 Å². The van der Waals surface area contributed by atoms with Crippen molar-refractivity contribution >= 4 is 21.7 Å². The quantitative estimate of drug-likeness (QED) is 0.382. The first-order valence-corrected chi connectivity index (χ1v) is 7.74. The van der Waals surface area contributed by atoms with Crippen molar-refractivity contribution in [3.63, 3.8) is 0 Å². The van der Waals surface area contributed by atoms with Crippen LogP contribution in [0.15, 0.2) is 48.5 Å². The first kappa shape index (κ1) is 14.2. The molecule has 1 aliphatic heterocycles. The molecule has 0 saturated heterocycles. The van der Waals surface area contributed by atoms with Gasteiger partial charge in [-0.25, -0.2) is 13.8 Å². The van der Waals surface area contributed by atoms with Crippen molar-refractivity contribution in [1.29, 1.82) is 0 Å². The molecule has 0 amide bonds. The molecule has 0 N–H and O–H groups in total. The van der Waals surface area contributed by atoms with Gasteiger partial charge in [-0.2, -0.15) is 0 Å². The SMILES string of the molecule is COc1ccc2c(nc3c4c(cccc42)Oc2ccc(F)cc2-3)c1F. The lowest BCUT2D eigenvalue weighted by Crippen LogP contribution is -2.01. The lowest BCUT2D eigenvalue weighted by atomic mass is 9.96. The summed E-state index contributed by atoms with van der Waals surface area (Å²) in [6, 6.07) is 13.1. The highest BCUT2D eigenvalue weighted by Crippen LogP contribution is 2.47. The van der Waals surface area contributed by atoms with E-state index in [-0.39, 0.29) is 11.3 Å².